The van der Waals surface area contributed by atoms with E-state index < -0.39 is 17.9 Å². The van der Waals surface area contributed by atoms with Crippen molar-refractivity contribution in [3.8, 4) is 6.07 Å². The predicted molar refractivity (Wildman–Crippen MR) is 81.8 cm³/mol. The molecule has 8 heteroatoms. The van der Waals surface area contributed by atoms with E-state index in [1.807, 2.05) is 0 Å². The Morgan fingerprint density at radius 2 is 1.91 bits per heavy atom. The van der Waals surface area contributed by atoms with E-state index in [1.165, 1.54) is 0 Å². The monoisotopic (exact) mass is 322 g/mol. The molecule has 8 nitrogen and oxygen atoms in total. The number of nitriles is 1. The molecule has 23 heavy (non-hydrogen) atoms. The molecule has 1 heterocycles. The predicted octanol–water partition coefficient (Wildman–Crippen LogP) is -0.265. The molecule has 1 unspecified atom stereocenters. The zero-order chi connectivity index (χ0) is 17.4. The molecule has 0 spiro atoms. The van der Waals surface area contributed by atoms with Crippen molar-refractivity contribution in [1.29, 1.82) is 5.26 Å². The van der Waals surface area contributed by atoms with Gasteiger partial charge in [-0.3, -0.25) is 9.59 Å². The highest BCUT2D eigenvalue weighted by molar-refractivity contribution is 5.99. The molecule has 1 aliphatic rings. The molecular weight excluding hydrogens is 300 g/mol. The van der Waals surface area contributed by atoms with Crippen molar-refractivity contribution < 1.29 is 19.5 Å². The van der Waals surface area contributed by atoms with Crippen LogP contribution in [0.4, 0.5) is 0 Å². The normalized spacial score (nSPS) is 17.2. The summed E-state index contributed by atoms with van der Waals surface area (Å²) in [7, 11) is 0. The highest BCUT2D eigenvalue weighted by Gasteiger charge is 2.25. The number of carboxylic acid groups (broad SMARTS) is 1. The lowest BCUT2D eigenvalue weighted by atomic mass is 9.97. The highest BCUT2D eigenvalue weighted by atomic mass is 16.4. The first-order valence-electron chi connectivity index (χ1n) is 7.51. The first-order chi connectivity index (χ1) is 10.9. The van der Waals surface area contributed by atoms with Gasteiger partial charge in [0, 0.05) is 12.1 Å². The zero-order valence-corrected chi connectivity index (χ0v) is 13.3. The van der Waals surface area contributed by atoms with Gasteiger partial charge in [0.1, 0.15) is 17.7 Å². The quantitative estimate of drug-likeness (QED) is 0.393. The van der Waals surface area contributed by atoms with Crippen LogP contribution in [-0.2, 0) is 14.4 Å². The Labute approximate surface area is 134 Å². The number of carbonyl (C=O) groups is 3. The molecule has 0 aromatic heterocycles. The molecule has 2 amide bonds. The summed E-state index contributed by atoms with van der Waals surface area (Å²) in [4.78, 5) is 35.0. The number of aliphatic carboxylic acids is 1. The molecule has 1 aliphatic heterocycles. The molecule has 1 atom stereocenters. The lowest BCUT2D eigenvalue weighted by Gasteiger charge is -2.21. The molecule has 0 aromatic rings. The average Bonchev–Trinajstić information content (AvgIpc) is 2.53. The number of nitrogens with one attached hydrogen (secondary N) is 3. The number of hydrogen-bond acceptors (Lipinski definition) is 5. The molecular formula is C15H22N4O4. The number of nitrogens with zero attached hydrogens (tertiary/aromatic N) is 1. The van der Waals surface area contributed by atoms with Crippen LogP contribution in [0.5, 0.6) is 0 Å². The van der Waals surface area contributed by atoms with Crippen LogP contribution in [0.3, 0.4) is 0 Å². The van der Waals surface area contributed by atoms with Gasteiger partial charge >= 0.3 is 5.97 Å². The van der Waals surface area contributed by atoms with Crippen LogP contribution in [0, 0.1) is 23.2 Å². The van der Waals surface area contributed by atoms with Crippen LogP contribution >= 0.6 is 0 Å². The third-order valence-corrected chi connectivity index (χ3v) is 3.65. The van der Waals surface area contributed by atoms with Gasteiger partial charge in [0.15, 0.2) is 0 Å². The first kappa shape index (κ1) is 18.6. The summed E-state index contributed by atoms with van der Waals surface area (Å²) in [5, 5.41) is 25.9. The Morgan fingerprint density at radius 1 is 1.30 bits per heavy atom. The minimum absolute atomic E-state index is 0.155. The number of rotatable bonds is 6. The van der Waals surface area contributed by atoms with Crippen molar-refractivity contribution in [2.45, 2.75) is 32.7 Å². The van der Waals surface area contributed by atoms with Gasteiger partial charge in [-0.05, 0) is 31.8 Å². The molecule has 0 radical (unpaired) electrons. The summed E-state index contributed by atoms with van der Waals surface area (Å²) in [6, 6.07) is 0.575. The van der Waals surface area contributed by atoms with Gasteiger partial charge in [-0.15, -0.1) is 0 Å². The van der Waals surface area contributed by atoms with Gasteiger partial charge in [0.25, 0.3) is 5.91 Å². The summed E-state index contributed by atoms with van der Waals surface area (Å²) in [6.45, 7) is 4.80. The summed E-state index contributed by atoms with van der Waals surface area (Å²) in [5.41, 5.74) is -0.334. The molecule has 0 saturated carbocycles. The second-order valence-electron chi connectivity index (χ2n) is 5.74. The Hall–Kier alpha value is -2.40. The van der Waals surface area contributed by atoms with E-state index in [4.69, 9.17) is 10.4 Å². The lowest BCUT2D eigenvalue weighted by Crippen LogP contribution is -2.45. The number of piperidine rings is 1. The van der Waals surface area contributed by atoms with Crippen LogP contribution in [0.1, 0.15) is 26.7 Å². The minimum Gasteiger partial charge on any atom is -0.480 e. The number of carbonyl (C=O) groups excluding carboxylic acids is 2. The fraction of sp³-hybridized carbons (Fsp3) is 0.600. The second kappa shape index (κ2) is 8.90. The molecule has 1 rings (SSSR count). The van der Waals surface area contributed by atoms with Gasteiger partial charge in [0.05, 0.1) is 0 Å². The van der Waals surface area contributed by atoms with Crippen molar-refractivity contribution in [3.63, 3.8) is 0 Å². The van der Waals surface area contributed by atoms with Gasteiger partial charge < -0.3 is 21.1 Å². The molecule has 1 saturated heterocycles. The van der Waals surface area contributed by atoms with Crippen molar-refractivity contribution in [2.75, 3.05) is 13.1 Å². The Morgan fingerprint density at radius 3 is 2.39 bits per heavy atom. The van der Waals surface area contributed by atoms with Gasteiger partial charge in [-0.25, -0.2) is 4.79 Å². The summed E-state index contributed by atoms with van der Waals surface area (Å²) in [6.07, 6.45) is 2.43. The van der Waals surface area contributed by atoms with Crippen molar-refractivity contribution in [1.82, 2.24) is 16.0 Å². The van der Waals surface area contributed by atoms with Gasteiger partial charge in [0.2, 0.25) is 5.91 Å². The third-order valence-electron chi connectivity index (χ3n) is 3.65. The molecule has 0 bridgehead atoms. The van der Waals surface area contributed by atoms with Gasteiger partial charge in [-0.1, -0.05) is 13.8 Å². The van der Waals surface area contributed by atoms with Crippen LogP contribution in [0.15, 0.2) is 11.8 Å². The maximum Gasteiger partial charge on any atom is 0.326 e. The first-order valence-corrected chi connectivity index (χ1v) is 7.51. The Balaban J connectivity index is 2.67. The second-order valence-corrected chi connectivity index (χ2v) is 5.74. The number of amides is 2. The molecule has 126 valence electrons. The van der Waals surface area contributed by atoms with Crippen LogP contribution in [0.25, 0.3) is 0 Å². The summed E-state index contributed by atoms with van der Waals surface area (Å²) in [5.74, 6) is -2.73. The smallest absolute Gasteiger partial charge is 0.326 e. The minimum atomic E-state index is -1.18. The standard InChI is InChI=1S/C15H22N4O4/c1-9(2)12(15(22)23)19-14(21)11(7-16)8-18-13(20)10-3-5-17-6-4-10/h8-10,12,17H,3-6H2,1-2H3,(H,18,20)(H,19,21)(H,22,23)/b11-8-. The van der Waals surface area contributed by atoms with Crippen molar-refractivity contribution >= 4 is 17.8 Å². The van der Waals surface area contributed by atoms with Crippen molar-refractivity contribution in [2.24, 2.45) is 11.8 Å². The van der Waals surface area contributed by atoms with E-state index in [0.29, 0.717) is 12.8 Å². The van der Waals surface area contributed by atoms with Crippen LogP contribution in [0.2, 0.25) is 0 Å². The SMILES string of the molecule is CC(C)C(NC(=O)/C(C#N)=C\NC(=O)C1CCNCC1)C(=O)O. The topological polar surface area (TPSA) is 131 Å². The maximum atomic E-state index is 12.0. The fourth-order valence-corrected chi connectivity index (χ4v) is 2.23. The maximum absolute atomic E-state index is 12.0. The Bertz CT molecular complexity index is 530. The van der Waals surface area contributed by atoms with Crippen LogP contribution < -0.4 is 16.0 Å². The van der Waals surface area contributed by atoms with E-state index in [9.17, 15) is 14.4 Å². The highest BCUT2D eigenvalue weighted by Crippen LogP contribution is 2.11. The van der Waals surface area contributed by atoms with Gasteiger partial charge in [-0.2, -0.15) is 5.26 Å². The van der Waals surface area contributed by atoms with E-state index in [-0.39, 0.29) is 23.3 Å². The van der Waals surface area contributed by atoms with E-state index >= 15 is 0 Å². The van der Waals surface area contributed by atoms with E-state index in [2.05, 4.69) is 16.0 Å². The number of hydrogen-bond donors (Lipinski definition) is 4. The molecule has 1 fully saturated rings. The van der Waals surface area contributed by atoms with E-state index in [1.54, 1.807) is 19.9 Å². The lowest BCUT2D eigenvalue weighted by molar-refractivity contribution is -0.142. The molecule has 4 N–H and O–H groups in total. The summed E-state index contributed by atoms with van der Waals surface area (Å²) >= 11 is 0. The van der Waals surface area contributed by atoms with Crippen LogP contribution in [-0.4, -0.2) is 42.0 Å². The van der Waals surface area contributed by atoms with Crippen molar-refractivity contribution in [3.05, 3.63) is 11.8 Å². The largest absolute Gasteiger partial charge is 0.480 e. The average molecular weight is 322 g/mol. The molecule has 0 aromatic carbocycles. The molecule has 0 aliphatic carbocycles. The fourth-order valence-electron chi connectivity index (χ4n) is 2.23. The summed E-state index contributed by atoms with van der Waals surface area (Å²) < 4.78 is 0. The Kier molecular flexibility index (Phi) is 7.22. The zero-order valence-electron chi connectivity index (χ0n) is 13.3. The number of carboxylic acids is 1. The third kappa shape index (κ3) is 5.71. The van der Waals surface area contributed by atoms with E-state index in [0.717, 1.165) is 19.3 Å².